The van der Waals surface area contributed by atoms with Gasteiger partial charge < -0.3 is 10.8 Å². The second-order valence-corrected chi connectivity index (χ2v) is 4.19. The Morgan fingerprint density at radius 2 is 2.00 bits per heavy atom. The molecule has 0 aromatic heterocycles. The van der Waals surface area contributed by atoms with E-state index in [1.54, 1.807) is 0 Å². The fraction of sp³-hybridized carbons (Fsp3) is 0.417. The molecule has 1 saturated heterocycles. The molecule has 3 N–H and O–H groups in total. The van der Waals surface area contributed by atoms with Crippen LogP contribution < -0.4 is 5.73 Å². The second kappa shape index (κ2) is 4.53. The van der Waals surface area contributed by atoms with Gasteiger partial charge in [0, 0.05) is 12.5 Å². The number of amides is 1. The number of nitrogens with zero attached hydrogens (tertiary/aromatic N) is 1. The molecule has 0 radical (unpaired) electrons. The van der Waals surface area contributed by atoms with E-state index in [-0.39, 0.29) is 12.1 Å². The molecular weight excluding hydrogens is 204 g/mol. The molecule has 1 aromatic carbocycles. The van der Waals surface area contributed by atoms with Crippen molar-refractivity contribution in [3.8, 4) is 0 Å². The average Bonchev–Trinajstić information content (AvgIpc) is 2.30. The third-order valence-electron chi connectivity index (χ3n) is 3.14. The van der Waals surface area contributed by atoms with Gasteiger partial charge >= 0.3 is 6.09 Å². The first kappa shape index (κ1) is 11.0. The zero-order chi connectivity index (χ0) is 11.5. The number of carboxylic acid groups (broad SMARTS) is 1. The van der Waals surface area contributed by atoms with Crippen LogP contribution in [0.3, 0.4) is 0 Å². The number of hydrogen-bond acceptors (Lipinski definition) is 2. The van der Waals surface area contributed by atoms with Gasteiger partial charge in [-0.1, -0.05) is 30.3 Å². The van der Waals surface area contributed by atoms with Crippen LogP contribution >= 0.6 is 0 Å². The Labute approximate surface area is 94.7 Å². The van der Waals surface area contributed by atoms with Crippen LogP contribution in [0.1, 0.15) is 24.3 Å². The first-order valence-corrected chi connectivity index (χ1v) is 5.48. The third kappa shape index (κ3) is 2.17. The minimum atomic E-state index is -0.923. The number of nitrogens with two attached hydrogens (primary N) is 1. The van der Waals surface area contributed by atoms with Crippen molar-refractivity contribution < 1.29 is 9.90 Å². The van der Waals surface area contributed by atoms with Crippen molar-refractivity contribution in [3.05, 3.63) is 35.9 Å². The lowest BCUT2D eigenvalue weighted by molar-refractivity contribution is 0.102. The molecule has 0 aliphatic carbocycles. The molecule has 0 bridgehead atoms. The maximum Gasteiger partial charge on any atom is 0.408 e. The van der Waals surface area contributed by atoms with E-state index >= 15 is 0 Å². The molecule has 2 atom stereocenters. The molecule has 1 amide bonds. The number of piperidine rings is 1. The molecular formula is C12H16N2O2. The fourth-order valence-corrected chi connectivity index (χ4v) is 2.21. The van der Waals surface area contributed by atoms with E-state index in [1.165, 1.54) is 10.5 Å². The summed E-state index contributed by atoms with van der Waals surface area (Å²) in [5.41, 5.74) is 6.96. The molecule has 4 heteroatoms. The van der Waals surface area contributed by atoms with Crippen LogP contribution in [-0.4, -0.2) is 28.8 Å². The maximum absolute atomic E-state index is 11.0. The Kier molecular flexibility index (Phi) is 3.10. The van der Waals surface area contributed by atoms with Gasteiger partial charge in [-0.2, -0.15) is 0 Å². The molecule has 1 aliphatic heterocycles. The van der Waals surface area contributed by atoms with Gasteiger partial charge in [-0.05, 0) is 18.4 Å². The van der Waals surface area contributed by atoms with Crippen LogP contribution in [0, 0.1) is 0 Å². The van der Waals surface area contributed by atoms with E-state index in [0.717, 1.165) is 12.8 Å². The summed E-state index contributed by atoms with van der Waals surface area (Å²) in [5.74, 6) is 0.275. The summed E-state index contributed by atoms with van der Waals surface area (Å²) >= 11 is 0. The molecule has 2 unspecified atom stereocenters. The zero-order valence-corrected chi connectivity index (χ0v) is 9.04. The average molecular weight is 220 g/mol. The molecule has 1 fully saturated rings. The third-order valence-corrected chi connectivity index (χ3v) is 3.14. The number of hydrogen-bond donors (Lipinski definition) is 2. The molecule has 1 aliphatic rings. The fourth-order valence-electron chi connectivity index (χ4n) is 2.21. The van der Waals surface area contributed by atoms with Gasteiger partial charge in [-0.3, -0.25) is 4.90 Å². The van der Waals surface area contributed by atoms with Crippen molar-refractivity contribution >= 4 is 6.09 Å². The minimum absolute atomic E-state index is 0.275. The topological polar surface area (TPSA) is 66.6 Å². The van der Waals surface area contributed by atoms with E-state index in [9.17, 15) is 4.79 Å². The van der Waals surface area contributed by atoms with Crippen LogP contribution in [0.2, 0.25) is 0 Å². The largest absolute Gasteiger partial charge is 0.465 e. The van der Waals surface area contributed by atoms with E-state index in [4.69, 9.17) is 10.8 Å². The summed E-state index contributed by atoms with van der Waals surface area (Å²) < 4.78 is 0. The van der Waals surface area contributed by atoms with Crippen LogP contribution in [0.4, 0.5) is 4.79 Å². The van der Waals surface area contributed by atoms with E-state index in [1.807, 2.05) is 30.3 Å². The van der Waals surface area contributed by atoms with Crippen molar-refractivity contribution in [2.45, 2.75) is 24.9 Å². The second-order valence-electron chi connectivity index (χ2n) is 4.19. The predicted molar refractivity (Wildman–Crippen MR) is 61.1 cm³/mol. The standard InChI is InChI=1S/C12H16N2O2/c13-11-7-6-10(8-14(11)12(15)16)9-4-2-1-3-5-9/h1-5,10-11H,6-8,13H2,(H,15,16). The number of carbonyl (C=O) groups is 1. The monoisotopic (exact) mass is 220 g/mol. The van der Waals surface area contributed by atoms with E-state index in [0.29, 0.717) is 6.54 Å². The van der Waals surface area contributed by atoms with E-state index < -0.39 is 6.09 Å². The van der Waals surface area contributed by atoms with Gasteiger partial charge in [0.1, 0.15) is 0 Å². The van der Waals surface area contributed by atoms with Crippen molar-refractivity contribution in [3.63, 3.8) is 0 Å². The van der Waals surface area contributed by atoms with Gasteiger partial charge in [0.25, 0.3) is 0 Å². The summed E-state index contributed by atoms with van der Waals surface area (Å²) in [5, 5.41) is 9.02. The lowest BCUT2D eigenvalue weighted by atomic mass is 9.90. The van der Waals surface area contributed by atoms with E-state index in [2.05, 4.69) is 0 Å². The van der Waals surface area contributed by atoms with Crippen LogP contribution in [0.5, 0.6) is 0 Å². The minimum Gasteiger partial charge on any atom is -0.465 e. The molecule has 1 heterocycles. The number of benzene rings is 1. The summed E-state index contributed by atoms with van der Waals surface area (Å²) in [6.45, 7) is 0.501. The summed E-state index contributed by atoms with van der Waals surface area (Å²) in [6.07, 6.45) is 0.409. The van der Waals surface area contributed by atoms with Gasteiger partial charge in [0.2, 0.25) is 0 Å². The molecule has 0 saturated carbocycles. The van der Waals surface area contributed by atoms with Gasteiger partial charge in [0.15, 0.2) is 0 Å². The molecule has 4 nitrogen and oxygen atoms in total. The Hall–Kier alpha value is -1.55. The van der Waals surface area contributed by atoms with Crippen LogP contribution in [-0.2, 0) is 0 Å². The first-order valence-electron chi connectivity index (χ1n) is 5.48. The Morgan fingerprint density at radius 3 is 2.62 bits per heavy atom. The SMILES string of the molecule is NC1CCC(c2ccccc2)CN1C(=O)O. The van der Waals surface area contributed by atoms with Crippen molar-refractivity contribution in [2.24, 2.45) is 5.73 Å². The Bertz CT molecular complexity index is 367. The quantitative estimate of drug-likeness (QED) is 0.758. The molecule has 1 aromatic rings. The summed E-state index contributed by atoms with van der Waals surface area (Å²) in [6, 6.07) is 10.0. The first-order chi connectivity index (χ1) is 7.68. The van der Waals surface area contributed by atoms with Crippen molar-refractivity contribution in [1.82, 2.24) is 4.90 Å². The highest BCUT2D eigenvalue weighted by atomic mass is 16.4. The Balaban J connectivity index is 2.12. The zero-order valence-electron chi connectivity index (χ0n) is 9.04. The highest BCUT2D eigenvalue weighted by Crippen LogP contribution is 2.28. The number of likely N-dealkylation sites (tertiary alicyclic amines) is 1. The van der Waals surface area contributed by atoms with Crippen LogP contribution in [0.25, 0.3) is 0 Å². The molecule has 2 rings (SSSR count). The van der Waals surface area contributed by atoms with Crippen molar-refractivity contribution in [2.75, 3.05) is 6.54 Å². The highest BCUT2D eigenvalue weighted by Gasteiger charge is 2.29. The van der Waals surface area contributed by atoms with Crippen LogP contribution in [0.15, 0.2) is 30.3 Å². The van der Waals surface area contributed by atoms with Gasteiger partial charge in [-0.25, -0.2) is 4.79 Å². The Morgan fingerprint density at radius 1 is 1.31 bits per heavy atom. The smallest absolute Gasteiger partial charge is 0.408 e. The summed E-state index contributed by atoms with van der Waals surface area (Å²) in [7, 11) is 0. The highest BCUT2D eigenvalue weighted by molar-refractivity contribution is 5.65. The lowest BCUT2D eigenvalue weighted by Crippen LogP contribution is -2.50. The maximum atomic E-state index is 11.0. The molecule has 86 valence electrons. The van der Waals surface area contributed by atoms with Crippen molar-refractivity contribution in [1.29, 1.82) is 0 Å². The molecule has 0 spiro atoms. The van der Waals surface area contributed by atoms with Gasteiger partial charge in [0.05, 0.1) is 6.17 Å². The lowest BCUT2D eigenvalue weighted by Gasteiger charge is -2.35. The van der Waals surface area contributed by atoms with Gasteiger partial charge in [-0.15, -0.1) is 0 Å². The number of rotatable bonds is 1. The predicted octanol–water partition coefficient (Wildman–Crippen LogP) is 1.83. The molecule has 16 heavy (non-hydrogen) atoms. The normalized spacial score (nSPS) is 25.4. The summed E-state index contributed by atoms with van der Waals surface area (Å²) in [4.78, 5) is 12.3.